The molecule has 84 valence electrons. The van der Waals surface area contributed by atoms with Crippen molar-refractivity contribution in [2.45, 2.75) is 26.2 Å². The van der Waals surface area contributed by atoms with Gasteiger partial charge < -0.3 is 5.11 Å². The summed E-state index contributed by atoms with van der Waals surface area (Å²) in [5, 5.41) is 9.09. The molecule has 1 aliphatic carbocycles. The Labute approximate surface area is 96.5 Å². The summed E-state index contributed by atoms with van der Waals surface area (Å²) in [7, 11) is 0. The fourth-order valence-corrected chi connectivity index (χ4v) is 3.63. The molecule has 0 saturated heterocycles. The van der Waals surface area contributed by atoms with Crippen molar-refractivity contribution in [2.75, 3.05) is 0 Å². The van der Waals surface area contributed by atoms with Crippen LogP contribution in [0.1, 0.15) is 34.4 Å². The van der Waals surface area contributed by atoms with E-state index >= 15 is 0 Å². The van der Waals surface area contributed by atoms with E-state index in [1.54, 1.807) is 11.3 Å². The number of hydrogen-bond acceptors (Lipinski definition) is 3. The van der Waals surface area contributed by atoms with Crippen molar-refractivity contribution >= 4 is 22.3 Å². The Morgan fingerprint density at radius 3 is 3.25 bits per heavy atom. The van der Waals surface area contributed by atoms with Crippen LogP contribution in [0, 0.1) is 5.92 Å². The summed E-state index contributed by atoms with van der Waals surface area (Å²) in [5.41, 5.74) is 1.45. The van der Waals surface area contributed by atoms with Gasteiger partial charge in [0.2, 0.25) is 0 Å². The third kappa shape index (κ3) is 1.28. The number of carboxylic acids is 1. The number of hydrogen-bond donors (Lipinski definition) is 1. The molecule has 0 aromatic carbocycles. The fraction of sp³-hybridized carbons (Fsp3) is 0.455. The molecule has 2 heterocycles. The number of aromatic nitrogens is 2. The molecule has 2 aromatic heterocycles. The quantitative estimate of drug-likeness (QED) is 0.826. The van der Waals surface area contributed by atoms with Crippen molar-refractivity contribution in [1.82, 2.24) is 9.38 Å². The first-order valence-corrected chi connectivity index (χ1v) is 6.19. The lowest BCUT2D eigenvalue weighted by Gasteiger charge is -2.17. The molecule has 0 amide bonds. The standard InChI is InChI=1S/C11H12N2O2S/c1-6-2-3-7-9(4-6)16-11-12-5-8(10(14)15)13(7)11/h5-6H,2-4H2,1H3,(H,14,15). The fourth-order valence-electron chi connectivity index (χ4n) is 2.32. The van der Waals surface area contributed by atoms with Crippen molar-refractivity contribution < 1.29 is 9.90 Å². The lowest BCUT2D eigenvalue weighted by atomic mass is 9.93. The minimum Gasteiger partial charge on any atom is -0.477 e. The average molecular weight is 236 g/mol. The number of carbonyl (C=O) groups is 1. The predicted molar refractivity (Wildman–Crippen MR) is 61.2 cm³/mol. The molecule has 0 bridgehead atoms. The number of aryl methyl sites for hydroxylation is 1. The number of thiazole rings is 1. The first-order valence-electron chi connectivity index (χ1n) is 5.38. The Morgan fingerprint density at radius 2 is 2.50 bits per heavy atom. The zero-order valence-corrected chi connectivity index (χ0v) is 9.75. The zero-order chi connectivity index (χ0) is 11.3. The largest absolute Gasteiger partial charge is 0.477 e. The monoisotopic (exact) mass is 236 g/mol. The van der Waals surface area contributed by atoms with E-state index in [2.05, 4.69) is 11.9 Å². The normalized spacial score (nSPS) is 19.9. The van der Waals surface area contributed by atoms with Crippen LogP contribution < -0.4 is 0 Å². The van der Waals surface area contributed by atoms with Gasteiger partial charge in [-0.2, -0.15) is 0 Å². The molecule has 5 heteroatoms. The van der Waals surface area contributed by atoms with Crippen molar-refractivity contribution in [3.63, 3.8) is 0 Å². The lowest BCUT2D eigenvalue weighted by molar-refractivity contribution is 0.0689. The van der Waals surface area contributed by atoms with Gasteiger partial charge in [0, 0.05) is 10.6 Å². The van der Waals surface area contributed by atoms with E-state index in [1.807, 2.05) is 4.40 Å². The van der Waals surface area contributed by atoms with Gasteiger partial charge in [-0.25, -0.2) is 9.78 Å². The van der Waals surface area contributed by atoms with Gasteiger partial charge in [0.25, 0.3) is 0 Å². The Kier molecular flexibility index (Phi) is 2.04. The van der Waals surface area contributed by atoms with Crippen LogP contribution in [0.5, 0.6) is 0 Å². The van der Waals surface area contributed by atoms with E-state index in [-0.39, 0.29) is 0 Å². The Hall–Kier alpha value is -1.36. The maximum absolute atomic E-state index is 11.1. The van der Waals surface area contributed by atoms with Crippen LogP contribution in [0.3, 0.4) is 0 Å². The van der Waals surface area contributed by atoms with Crippen LogP contribution in [0.2, 0.25) is 0 Å². The van der Waals surface area contributed by atoms with Crippen LogP contribution in [0.25, 0.3) is 4.96 Å². The van der Waals surface area contributed by atoms with E-state index < -0.39 is 5.97 Å². The third-order valence-corrected chi connectivity index (χ3v) is 4.28. The molecule has 4 nitrogen and oxygen atoms in total. The molecule has 2 aromatic rings. The number of carboxylic acid groups (broad SMARTS) is 1. The number of rotatable bonds is 1. The highest BCUT2D eigenvalue weighted by atomic mass is 32.1. The van der Waals surface area contributed by atoms with Gasteiger partial charge in [-0.05, 0) is 25.2 Å². The molecule has 0 spiro atoms. The summed E-state index contributed by atoms with van der Waals surface area (Å²) < 4.78 is 1.81. The second kappa shape index (κ2) is 3.31. The van der Waals surface area contributed by atoms with E-state index in [1.165, 1.54) is 11.1 Å². The number of aromatic carboxylic acids is 1. The molecule has 1 atom stereocenters. The Balaban J connectivity index is 2.24. The number of imidazole rings is 1. The van der Waals surface area contributed by atoms with Gasteiger partial charge in [-0.1, -0.05) is 6.92 Å². The van der Waals surface area contributed by atoms with Crippen molar-refractivity contribution in [2.24, 2.45) is 5.92 Å². The molecule has 16 heavy (non-hydrogen) atoms. The van der Waals surface area contributed by atoms with Crippen molar-refractivity contribution in [3.05, 3.63) is 22.5 Å². The van der Waals surface area contributed by atoms with Crippen LogP contribution in [-0.4, -0.2) is 20.5 Å². The highest BCUT2D eigenvalue weighted by molar-refractivity contribution is 7.17. The molecule has 0 radical (unpaired) electrons. The maximum atomic E-state index is 11.1. The van der Waals surface area contributed by atoms with Gasteiger partial charge in [0.1, 0.15) is 0 Å². The third-order valence-electron chi connectivity index (χ3n) is 3.16. The summed E-state index contributed by atoms with van der Waals surface area (Å²) in [5.74, 6) is -0.198. The molecule has 1 aliphatic rings. The van der Waals surface area contributed by atoms with E-state index in [9.17, 15) is 4.79 Å². The molecular weight excluding hydrogens is 224 g/mol. The van der Waals surface area contributed by atoms with Gasteiger partial charge in [0.05, 0.1) is 6.20 Å². The first-order chi connectivity index (χ1) is 7.66. The van der Waals surface area contributed by atoms with Crippen molar-refractivity contribution in [3.8, 4) is 0 Å². The molecule has 1 unspecified atom stereocenters. The summed E-state index contributed by atoms with van der Waals surface area (Å²) in [6, 6.07) is 0. The van der Waals surface area contributed by atoms with E-state index in [0.717, 1.165) is 29.9 Å². The Morgan fingerprint density at radius 1 is 1.69 bits per heavy atom. The Bertz CT molecular complexity index is 570. The highest BCUT2D eigenvalue weighted by Crippen LogP contribution is 2.32. The molecule has 0 fully saturated rings. The smallest absolute Gasteiger partial charge is 0.354 e. The van der Waals surface area contributed by atoms with Crippen LogP contribution >= 0.6 is 11.3 Å². The van der Waals surface area contributed by atoms with E-state index in [4.69, 9.17) is 5.11 Å². The molecule has 0 aliphatic heterocycles. The predicted octanol–water partition coefficient (Wildman–Crippen LogP) is 2.22. The maximum Gasteiger partial charge on any atom is 0.354 e. The number of fused-ring (bicyclic) bond motifs is 3. The molecule has 0 saturated carbocycles. The van der Waals surface area contributed by atoms with Gasteiger partial charge in [-0.3, -0.25) is 4.40 Å². The minimum atomic E-state index is -0.897. The average Bonchev–Trinajstić information content (AvgIpc) is 2.74. The van der Waals surface area contributed by atoms with Crippen molar-refractivity contribution in [1.29, 1.82) is 0 Å². The zero-order valence-electron chi connectivity index (χ0n) is 8.93. The minimum absolute atomic E-state index is 0.294. The first kappa shape index (κ1) is 9.84. The summed E-state index contributed by atoms with van der Waals surface area (Å²) in [6.07, 6.45) is 4.61. The molecular formula is C11H12N2O2S. The molecule has 1 N–H and O–H groups in total. The summed E-state index contributed by atoms with van der Waals surface area (Å²) >= 11 is 1.63. The second-order valence-electron chi connectivity index (χ2n) is 4.39. The van der Waals surface area contributed by atoms with Gasteiger partial charge >= 0.3 is 5.97 Å². The van der Waals surface area contributed by atoms with Gasteiger partial charge in [-0.15, -0.1) is 11.3 Å². The van der Waals surface area contributed by atoms with Crippen LogP contribution in [0.4, 0.5) is 0 Å². The van der Waals surface area contributed by atoms with E-state index in [0.29, 0.717) is 11.6 Å². The lowest BCUT2D eigenvalue weighted by Crippen LogP contribution is -2.12. The van der Waals surface area contributed by atoms with Crippen LogP contribution in [0.15, 0.2) is 6.20 Å². The second-order valence-corrected chi connectivity index (χ2v) is 5.45. The summed E-state index contributed by atoms with van der Waals surface area (Å²) in [4.78, 5) is 17.4. The molecule has 3 rings (SSSR count). The van der Waals surface area contributed by atoms with Gasteiger partial charge in [0.15, 0.2) is 10.7 Å². The topological polar surface area (TPSA) is 54.6 Å². The SMILES string of the molecule is CC1CCc2c(sc3ncc(C(=O)O)n23)C1. The van der Waals surface area contributed by atoms with Crippen LogP contribution in [-0.2, 0) is 12.8 Å². The number of nitrogens with zero attached hydrogens (tertiary/aromatic N) is 2. The summed E-state index contributed by atoms with van der Waals surface area (Å²) in [6.45, 7) is 2.24. The highest BCUT2D eigenvalue weighted by Gasteiger charge is 2.24.